The van der Waals surface area contributed by atoms with Crippen LogP contribution in [-0.2, 0) is 0 Å². The highest BCUT2D eigenvalue weighted by Crippen LogP contribution is 2.33. The van der Waals surface area contributed by atoms with Crippen LogP contribution in [0.15, 0.2) is 10.5 Å². The fourth-order valence-corrected chi connectivity index (χ4v) is 1.48. The van der Waals surface area contributed by atoms with Gasteiger partial charge in [0.2, 0.25) is 5.78 Å². The van der Waals surface area contributed by atoms with Crippen LogP contribution in [0.5, 0.6) is 5.75 Å². The standard InChI is InChI=1S/C8H3BrF2O2/c9-7-3(10)1-5-6(8(7)11)4(12)2-13-5/h1H,2H2. The summed E-state index contributed by atoms with van der Waals surface area (Å²) in [4.78, 5) is 11.0. The van der Waals surface area contributed by atoms with Gasteiger partial charge in [-0.25, -0.2) is 8.78 Å². The average molecular weight is 249 g/mol. The van der Waals surface area contributed by atoms with Gasteiger partial charge in [-0.05, 0) is 15.9 Å². The van der Waals surface area contributed by atoms with Gasteiger partial charge in [-0.1, -0.05) is 0 Å². The molecular formula is C8H3BrF2O2. The Morgan fingerprint density at radius 1 is 1.46 bits per heavy atom. The molecule has 0 fully saturated rings. The van der Waals surface area contributed by atoms with E-state index in [9.17, 15) is 13.6 Å². The first-order chi connectivity index (χ1) is 6.11. The van der Waals surface area contributed by atoms with E-state index in [0.717, 1.165) is 6.07 Å². The molecule has 0 spiro atoms. The first-order valence-electron chi connectivity index (χ1n) is 3.44. The summed E-state index contributed by atoms with van der Waals surface area (Å²) in [6, 6.07) is 0.993. The van der Waals surface area contributed by atoms with Crippen molar-refractivity contribution >= 4 is 21.7 Å². The van der Waals surface area contributed by atoms with Crippen molar-refractivity contribution in [2.75, 3.05) is 6.61 Å². The van der Waals surface area contributed by atoms with Gasteiger partial charge in [0.05, 0.1) is 4.47 Å². The van der Waals surface area contributed by atoms with Gasteiger partial charge in [0.1, 0.15) is 17.1 Å². The summed E-state index contributed by atoms with van der Waals surface area (Å²) in [7, 11) is 0. The average Bonchev–Trinajstić information content (AvgIpc) is 2.43. The van der Waals surface area contributed by atoms with Crippen LogP contribution in [0, 0.1) is 11.6 Å². The lowest BCUT2D eigenvalue weighted by molar-refractivity contribution is 0.0958. The molecule has 1 aromatic rings. The van der Waals surface area contributed by atoms with Crippen molar-refractivity contribution in [2.45, 2.75) is 0 Å². The van der Waals surface area contributed by atoms with Crippen molar-refractivity contribution in [3.05, 3.63) is 27.7 Å². The van der Waals surface area contributed by atoms with Crippen LogP contribution in [0.1, 0.15) is 10.4 Å². The number of benzene rings is 1. The SMILES string of the molecule is O=C1COc2cc(F)c(Br)c(F)c21. The minimum atomic E-state index is -0.891. The van der Waals surface area contributed by atoms with E-state index in [-0.39, 0.29) is 22.4 Å². The minimum Gasteiger partial charge on any atom is -0.484 e. The number of carbonyl (C=O) groups excluding carboxylic acids is 1. The van der Waals surface area contributed by atoms with Crippen molar-refractivity contribution in [2.24, 2.45) is 0 Å². The maximum atomic E-state index is 13.2. The molecule has 2 rings (SSSR count). The highest BCUT2D eigenvalue weighted by molar-refractivity contribution is 9.10. The van der Waals surface area contributed by atoms with Crippen molar-refractivity contribution in [3.8, 4) is 5.75 Å². The van der Waals surface area contributed by atoms with E-state index in [4.69, 9.17) is 4.74 Å². The molecule has 0 saturated carbocycles. The van der Waals surface area contributed by atoms with Crippen LogP contribution in [0.3, 0.4) is 0 Å². The maximum Gasteiger partial charge on any atom is 0.206 e. The van der Waals surface area contributed by atoms with Crippen LogP contribution in [0.2, 0.25) is 0 Å². The van der Waals surface area contributed by atoms with Gasteiger partial charge in [-0.3, -0.25) is 4.79 Å². The van der Waals surface area contributed by atoms with E-state index in [0.29, 0.717) is 0 Å². The second-order valence-electron chi connectivity index (χ2n) is 2.57. The number of carbonyl (C=O) groups is 1. The van der Waals surface area contributed by atoms with Gasteiger partial charge in [0.15, 0.2) is 12.4 Å². The lowest BCUT2D eigenvalue weighted by Gasteiger charge is -2.01. The van der Waals surface area contributed by atoms with Crippen LogP contribution >= 0.6 is 15.9 Å². The van der Waals surface area contributed by atoms with Crippen molar-refractivity contribution < 1.29 is 18.3 Å². The van der Waals surface area contributed by atoms with Gasteiger partial charge >= 0.3 is 0 Å². The summed E-state index contributed by atoms with van der Waals surface area (Å²) in [6.45, 7) is -0.220. The molecular weight excluding hydrogens is 246 g/mol. The predicted octanol–water partition coefficient (Wildman–Crippen LogP) is 2.30. The molecule has 1 aliphatic rings. The molecule has 68 valence electrons. The monoisotopic (exact) mass is 248 g/mol. The lowest BCUT2D eigenvalue weighted by atomic mass is 10.1. The molecule has 13 heavy (non-hydrogen) atoms. The predicted molar refractivity (Wildman–Crippen MR) is 43.9 cm³/mol. The number of rotatable bonds is 0. The smallest absolute Gasteiger partial charge is 0.206 e. The van der Waals surface area contributed by atoms with Crippen LogP contribution in [-0.4, -0.2) is 12.4 Å². The Hall–Kier alpha value is -0.970. The molecule has 1 heterocycles. The molecule has 0 unspecified atom stereocenters. The van der Waals surface area contributed by atoms with Gasteiger partial charge in [0, 0.05) is 6.07 Å². The Morgan fingerprint density at radius 2 is 2.15 bits per heavy atom. The number of fused-ring (bicyclic) bond motifs is 1. The first kappa shape index (κ1) is 8.62. The highest BCUT2D eigenvalue weighted by Gasteiger charge is 2.28. The van der Waals surface area contributed by atoms with Crippen molar-refractivity contribution in [1.82, 2.24) is 0 Å². The van der Waals surface area contributed by atoms with Crippen LogP contribution in [0.4, 0.5) is 8.78 Å². The number of ketones is 1. The molecule has 1 aromatic carbocycles. The van der Waals surface area contributed by atoms with E-state index in [1.807, 2.05) is 0 Å². The Kier molecular flexibility index (Phi) is 1.83. The van der Waals surface area contributed by atoms with E-state index >= 15 is 0 Å². The van der Waals surface area contributed by atoms with Gasteiger partial charge in [0.25, 0.3) is 0 Å². The Bertz CT molecular complexity index is 404. The van der Waals surface area contributed by atoms with Gasteiger partial charge in [-0.15, -0.1) is 0 Å². The highest BCUT2D eigenvalue weighted by atomic mass is 79.9. The number of hydrogen-bond acceptors (Lipinski definition) is 2. The summed E-state index contributed by atoms with van der Waals surface area (Å²) in [5, 5.41) is 0. The van der Waals surface area contributed by atoms with E-state index in [1.165, 1.54) is 0 Å². The number of ether oxygens (including phenoxy) is 1. The van der Waals surface area contributed by atoms with Crippen molar-refractivity contribution in [3.63, 3.8) is 0 Å². The summed E-state index contributed by atoms with van der Waals surface area (Å²) in [5.41, 5.74) is -0.173. The van der Waals surface area contributed by atoms with Crippen molar-refractivity contribution in [1.29, 1.82) is 0 Å². The van der Waals surface area contributed by atoms with E-state index in [1.54, 1.807) is 0 Å². The molecule has 0 amide bonds. The third-order valence-corrected chi connectivity index (χ3v) is 2.49. The van der Waals surface area contributed by atoms with E-state index < -0.39 is 17.4 Å². The lowest BCUT2D eigenvalue weighted by Crippen LogP contribution is -2.01. The largest absolute Gasteiger partial charge is 0.484 e. The third-order valence-electron chi connectivity index (χ3n) is 1.76. The Morgan fingerprint density at radius 3 is 2.85 bits per heavy atom. The van der Waals surface area contributed by atoms with Gasteiger partial charge < -0.3 is 4.74 Å². The van der Waals surface area contributed by atoms with Crippen LogP contribution in [0.25, 0.3) is 0 Å². The summed E-state index contributed by atoms with van der Waals surface area (Å²) in [5.74, 6) is -2.15. The Labute approximate surface area is 80.6 Å². The molecule has 2 nitrogen and oxygen atoms in total. The zero-order chi connectivity index (χ0) is 9.59. The summed E-state index contributed by atoms with van der Waals surface area (Å²) < 4.78 is 30.6. The topological polar surface area (TPSA) is 26.3 Å². The molecule has 0 radical (unpaired) electrons. The maximum absolute atomic E-state index is 13.2. The van der Waals surface area contributed by atoms with Crippen LogP contribution < -0.4 is 4.74 Å². The number of hydrogen-bond donors (Lipinski definition) is 0. The second-order valence-corrected chi connectivity index (χ2v) is 3.36. The second kappa shape index (κ2) is 2.77. The Balaban J connectivity index is 2.75. The summed E-state index contributed by atoms with van der Waals surface area (Å²) >= 11 is 2.70. The normalized spacial score (nSPS) is 14.2. The molecule has 0 saturated heterocycles. The zero-order valence-electron chi connectivity index (χ0n) is 6.23. The zero-order valence-corrected chi connectivity index (χ0v) is 7.82. The molecule has 0 aliphatic carbocycles. The number of halogens is 3. The molecule has 1 aliphatic heterocycles. The minimum absolute atomic E-state index is 0.0248. The third kappa shape index (κ3) is 1.14. The van der Waals surface area contributed by atoms with Gasteiger partial charge in [-0.2, -0.15) is 0 Å². The molecule has 0 atom stereocenters. The molecule has 0 N–H and O–H groups in total. The first-order valence-corrected chi connectivity index (χ1v) is 4.24. The molecule has 0 aromatic heterocycles. The quantitative estimate of drug-likeness (QED) is 0.659. The fraction of sp³-hybridized carbons (Fsp3) is 0.125. The summed E-state index contributed by atoms with van der Waals surface area (Å²) in [6.07, 6.45) is 0. The number of Topliss-reactive ketones (excluding diaryl/α,β-unsaturated/α-hetero) is 1. The molecule has 0 bridgehead atoms. The fourth-order valence-electron chi connectivity index (χ4n) is 1.16. The van der Waals surface area contributed by atoms with E-state index in [2.05, 4.69) is 15.9 Å². The molecule has 5 heteroatoms.